The third kappa shape index (κ3) is 6.51. The van der Waals surface area contributed by atoms with Crippen LogP contribution >= 0.6 is 24.5 Å². The maximum Gasteiger partial charge on any atom is 0.327 e. The number of halogens is 1. The highest BCUT2D eigenvalue weighted by Gasteiger charge is 2.28. The lowest BCUT2D eigenvalue weighted by Crippen LogP contribution is -2.30. The Kier molecular flexibility index (Phi) is 8.77. The van der Waals surface area contributed by atoms with Crippen LogP contribution in [0.1, 0.15) is 12.8 Å². The molecule has 2 unspecified atom stereocenters. The molecule has 2 atom stereocenters. The van der Waals surface area contributed by atoms with E-state index in [-0.39, 0.29) is 24.5 Å². The number of imide groups is 1. The fourth-order valence-corrected chi connectivity index (χ4v) is 2.53. The van der Waals surface area contributed by atoms with Crippen molar-refractivity contribution in [2.45, 2.75) is 25.2 Å². The SMILES string of the molecule is CN(/C=C(/C=C/Br)C(=O)NC=O)C1CCC(COP(O)O)O1. The first-order chi connectivity index (χ1) is 10.5. The van der Waals surface area contributed by atoms with E-state index in [4.69, 9.17) is 19.0 Å². The number of carbonyl (C=O) groups is 2. The van der Waals surface area contributed by atoms with Gasteiger partial charge in [-0.15, -0.1) is 0 Å². The normalized spacial score (nSPS) is 22.3. The summed E-state index contributed by atoms with van der Waals surface area (Å²) in [5.41, 5.74) is 0.281. The fraction of sp³-hybridized carbons (Fsp3) is 0.500. The molecule has 22 heavy (non-hydrogen) atoms. The van der Waals surface area contributed by atoms with E-state index in [9.17, 15) is 9.59 Å². The van der Waals surface area contributed by atoms with Gasteiger partial charge in [-0.05, 0) is 23.9 Å². The zero-order valence-corrected chi connectivity index (χ0v) is 14.4. The predicted octanol–water partition coefficient (Wildman–Crippen LogP) is 0.716. The maximum absolute atomic E-state index is 11.7. The van der Waals surface area contributed by atoms with Gasteiger partial charge >= 0.3 is 8.60 Å². The van der Waals surface area contributed by atoms with E-state index < -0.39 is 14.5 Å². The Bertz CT molecular complexity index is 445. The Hall–Kier alpha value is -0.830. The van der Waals surface area contributed by atoms with E-state index in [1.165, 1.54) is 11.1 Å². The lowest BCUT2D eigenvalue weighted by molar-refractivity contribution is -0.122. The van der Waals surface area contributed by atoms with Gasteiger partial charge in [-0.3, -0.25) is 14.9 Å². The third-order valence-electron chi connectivity index (χ3n) is 2.95. The molecule has 3 N–H and O–H groups in total. The van der Waals surface area contributed by atoms with E-state index in [2.05, 4.69) is 21.2 Å². The van der Waals surface area contributed by atoms with Crippen molar-refractivity contribution in [3.05, 3.63) is 22.8 Å². The first kappa shape index (κ1) is 19.2. The first-order valence-corrected chi connectivity index (χ1v) is 8.47. The van der Waals surface area contributed by atoms with Gasteiger partial charge in [-0.2, -0.15) is 0 Å². The van der Waals surface area contributed by atoms with Crippen molar-refractivity contribution in [1.82, 2.24) is 10.2 Å². The first-order valence-electron chi connectivity index (χ1n) is 6.39. The fourth-order valence-electron chi connectivity index (χ4n) is 1.94. The summed E-state index contributed by atoms with van der Waals surface area (Å²) < 4.78 is 10.4. The Labute approximate surface area is 137 Å². The van der Waals surface area contributed by atoms with Crippen molar-refractivity contribution in [2.75, 3.05) is 13.7 Å². The average Bonchev–Trinajstić information content (AvgIpc) is 2.93. The molecule has 1 heterocycles. The van der Waals surface area contributed by atoms with Crippen LogP contribution in [0.2, 0.25) is 0 Å². The second-order valence-electron chi connectivity index (χ2n) is 4.47. The summed E-state index contributed by atoms with van der Waals surface area (Å²) in [6, 6.07) is 0. The molecule has 2 amide bonds. The van der Waals surface area contributed by atoms with E-state index in [0.29, 0.717) is 19.3 Å². The molecule has 10 heteroatoms. The van der Waals surface area contributed by atoms with E-state index in [1.54, 1.807) is 18.1 Å². The highest BCUT2D eigenvalue weighted by molar-refractivity contribution is 9.11. The number of nitrogens with zero attached hydrogens (tertiary/aromatic N) is 1. The minimum atomic E-state index is -2.38. The van der Waals surface area contributed by atoms with E-state index >= 15 is 0 Å². The van der Waals surface area contributed by atoms with Crippen LogP contribution in [-0.4, -0.2) is 53.0 Å². The predicted molar refractivity (Wildman–Crippen MR) is 83.3 cm³/mol. The molecular weight excluding hydrogens is 379 g/mol. The van der Waals surface area contributed by atoms with Gasteiger partial charge in [-0.25, -0.2) is 0 Å². The highest BCUT2D eigenvalue weighted by Crippen LogP contribution is 2.29. The van der Waals surface area contributed by atoms with Crippen molar-refractivity contribution in [3.63, 3.8) is 0 Å². The Morgan fingerprint density at radius 2 is 2.27 bits per heavy atom. The summed E-state index contributed by atoms with van der Waals surface area (Å²) in [5, 5.41) is 2.07. The molecule has 0 saturated carbocycles. The minimum Gasteiger partial charge on any atom is -0.355 e. The number of carbonyl (C=O) groups excluding carboxylic acids is 2. The van der Waals surface area contributed by atoms with Gasteiger partial charge in [0.15, 0.2) is 0 Å². The number of rotatable bonds is 8. The molecule has 0 bridgehead atoms. The van der Waals surface area contributed by atoms with Gasteiger partial charge in [0.25, 0.3) is 5.91 Å². The standard InChI is InChI=1S/C12H18BrN2O6P/c1-15(6-9(4-5-13)12(17)14-8-16)11-3-2-10(21-11)7-20-22(18)19/h4-6,8,10-11,18-19H,2-3,7H2,1H3,(H,14,16,17)/b5-4+,9-6-. The zero-order chi connectivity index (χ0) is 16.5. The van der Waals surface area contributed by atoms with E-state index in [0.717, 1.165) is 0 Å². The summed E-state index contributed by atoms with van der Waals surface area (Å²) in [6.07, 6.45) is 4.31. The van der Waals surface area contributed by atoms with Crippen LogP contribution in [0, 0.1) is 0 Å². The average molecular weight is 397 g/mol. The second-order valence-corrected chi connectivity index (χ2v) is 5.76. The van der Waals surface area contributed by atoms with Crippen molar-refractivity contribution in [3.8, 4) is 0 Å². The van der Waals surface area contributed by atoms with Gasteiger partial charge < -0.3 is 23.9 Å². The zero-order valence-electron chi connectivity index (χ0n) is 11.9. The monoisotopic (exact) mass is 396 g/mol. The second kappa shape index (κ2) is 10.0. The van der Waals surface area contributed by atoms with E-state index in [1.807, 2.05) is 0 Å². The molecule has 124 valence electrons. The molecular formula is C12H18BrN2O6P. The summed E-state index contributed by atoms with van der Waals surface area (Å²) in [7, 11) is -0.639. The van der Waals surface area contributed by atoms with Gasteiger partial charge in [0.05, 0.1) is 18.3 Å². The number of hydrogen-bond donors (Lipinski definition) is 3. The number of ether oxygens (including phenoxy) is 1. The van der Waals surface area contributed by atoms with Crippen LogP contribution in [0.5, 0.6) is 0 Å². The van der Waals surface area contributed by atoms with Crippen molar-refractivity contribution in [1.29, 1.82) is 0 Å². The summed E-state index contributed by atoms with van der Waals surface area (Å²) >= 11 is 3.08. The minimum absolute atomic E-state index is 0.104. The number of amides is 2. The van der Waals surface area contributed by atoms with Crippen molar-refractivity contribution in [2.24, 2.45) is 0 Å². The quantitative estimate of drug-likeness (QED) is 0.240. The smallest absolute Gasteiger partial charge is 0.327 e. The summed E-state index contributed by atoms with van der Waals surface area (Å²) in [5.74, 6) is -0.526. The van der Waals surface area contributed by atoms with Crippen molar-refractivity contribution >= 4 is 36.8 Å². The topological polar surface area (TPSA) is 108 Å². The Morgan fingerprint density at radius 3 is 2.86 bits per heavy atom. The molecule has 0 aliphatic carbocycles. The molecule has 1 saturated heterocycles. The summed E-state index contributed by atoms with van der Waals surface area (Å²) in [4.78, 5) is 42.7. The Balaban J connectivity index is 2.62. The highest BCUT2D eigenvalue weighted by atomic mass is 79.9. The molecule has 0 aromatic carbocycles. The van der Waals surface area contributed by atoms with Gasteiger partial charge in [0.2, 0.25) is 6.41 Å². The van der Waals surface area contributed by atoms with Crippen LogP contribution in [0.4, 0.5) is 0 Å². The van der Waals surface area contributed by atoms with Gasteiger partial charge in [0, 0.05) is 13.2 Å². The van der Waals surface area contributed by atoms with Crippen LogP contribution in [0.3, 0.4) is 0 Å². The molecule has 1 aliphatic heterocycles. The van der Waals surface area contributed by atoms with Crippen LogP contribution in [-0.2, 0) is 18.8 Å². The van der Waals surface area contributed by atoms with Crippen LogP contribution < -0.4 is 5.32 Å². The van der Waals surface area contributed by atoms with Gasteiger partial charge in [-0.1, -0.05) is 15.9 Å². The molecule has 1 rings (SSSR count). The molecule has 0 aromatic rings. The molecule has 1 fully saturated rings. The number of hydrogen-bond acceptors (Lipinski definition) is 7. The third-order valence-corrected chi connectivity index (χ3v) is 3.60. The molecule has 1 aliphatic rings. The lowest BCUT2D eigenvalue weighted by atomic mass is 10.2. The number of nitrogens with one attached hydrogen (secondary N) is 1. The molecule has 0 aromatic heterocycles. The van der Waals surface area contributed by atoms with Gasteiger partial charge in [0.1, 0.15) is 6.23 Å². The maximum atomic E-state index is 11.7. The molecule has 8 nitrogen and oxygen atoms in total. The Morgan fingerprint density at radius 1 is 1.55 bits per heavy atom. The molecule has 0 radical (unpaired) electrons. The largest absolute Gasteiger partial charge is 0.355 e. The molecule has 0 spiro atoms. The summed E-state index contributed by atoms with van der Waals surface area (Å²) in [6.45, 7) is 0.104. The van der Waals surface area contributed by atoms with Crippen LogP contribution in [0.15, 0.2) is 22.8 Å². The van der Waals surface area contributed by atoms with Crippen molar-refractivity contribution < 1.29 is 28.6 Å². The van der Waals surface area contributed by atoms with Crippen LogP contribution in [0.25, 0.3) is 0 Å². The lowest BCUT2D eigenvalue weighted by Gasteiger charge is -2.23.